The zero-order valence-corrected chi connectivity index (χ0v) is 28.1. The molecular formula is C46H31N3S. The smallest absolute Gasteiger partial charge is 0.163 e. The summed E-state index contributed by atoms with van der Waals surface area (Å²) in [5, 5.41) is 5.39. The number of benzene rings is 7. The lowest BCUT2D eigenvalue weighted by Crippen LogP contribution is -2.04. The van der Waals surface area contributed by atoms with Gasteiger partial charge in [-0.2, -0.15) is 0 Å². The molecule has 1 aliphatic rings. The summed E-state index contributed by atoms with van der Waals surface area (Å²) in [5.41, 5.74) is 11.3. The predicted octanol–water partition coefficient (Wildman–Crippen LogP) is 12.2. The normalized spacial score (nSPS) is 11.8. The Bertz CT molecular complexity index is 2640. The van der Waals surface area contributed by atoms with Gasteiger partial charge in [-0.05, 0) is 80.8 Å². The second-order valence-electron chi connectivity index (χ2n) is 13.0. The van der Waals surface area contributed by atoms with Crippen molar-refractivity contribution >= 4 is 42.3 Å². The van der Waals surface area contributed by atoms with Gasteiger partial charge in [0.05, 0.1) is 0 Å². The van der Waals surface area contributed by atoms with Crippen LogP contribution in [0.2, 0.25) is 0 Å². The number of hydrogen-bond acceptors (Lipinski definition) is 4. The molecule has 10 rings (SSSR count). The standard InChI is InChI=1S/C46H31N3S/c1-3-12-30(13-4-1)45-47-42(48-46(49-45)31-14-5-2-6-15-31)23-10-17-29-16-9-22-41-43(29)39-28-32(24-27-40(39)50-41)33-25-26-38-35-19-8-7-18-34(35)37-21-11-20-36(33)44(37)38/h1-9,11-16,18-22,24-28H,10,17,23H2. The first-order valence-corrected chi connectivity index (χ1v) is 18.1. The van der Waals surface area contributed by atoms with Crippen LogP contribution in [0.5, 0.6) is 0 Å². The van der Waals surface area contributed by atoms with Gasteiger partial charge < -0.3 is 0 Å². The summed E-state index contributed by atoms with van der Waals surface area (Å²) in [6.07, 6.45) is 2.66. The molecule has 0 atom stereocenters. The molecule has 7 aromatic carbocycles. The van der Waals surface area contributed by atoms with Crippen molar-refractivity contribution < 1.29 is 0 Å². The number of aryl methyl sites for hydroxylation is 2. The highest BCUT2D eigenvalue weighted by atomic mass is 32.1. The van der Waals surface area contributed by atoms with Crippen molar-refractivity contribution in [3.63, 3.8) is 0 Å². The zero-order chi connectivity index (χ0) is 33.0. The van der Waals surface area contributed by atoms with E-state index >= 15 is 0 Å². The van der Waals surface area contributed by atoms with E-state index in [-0.39, 0.29) is 0 Å². The number of aromatic nitrogens is 3. The molecule has 2 aromatic heterocycles. The minimum absolute atomic E-state index is 0.722. The van der Waals surface area contributed by atoms with E-state index < -0.39 is 0 Å². The molecule has 0 fully saturated rings. The average Bonchev–Trinajstić information content (AvgIpc) is 3.72. The van der Waals surface area contributed by atoms with Crippen molar-refractivity contribution in [2.45, 2.75) is 19.3 Å². The molecule has 0 saturated heterocycles. The van der Waals surface area contributed by atoms with Crippen molar-refractivity contribution in [1.82, 2.24) is 15.0 Å². The lowest BCUT2D eigenvalue weighted by atomic mass is 9.93. The van der Waals surface area contributed by atoms with E-state index in [0.29, 0.717) is 0 Å². The summed E-state index contributed by atoms with van der Waals surface area (Å²) in [6.45, 7) is 0. The number of nitrogens with zero attached hydrogens (tertiary/aromatic N) is 3. The van der Waals surface area contributed by atoms with Gasteiger partial charge in [0.1, 0.15) is 5.82 Å². The molecule has 0 saturated carbocycles. The fraction of sp³-hybridized carbons (Fsp3) is 0.0652. The van der Waals surface area contributed by atoms with Crippen LogP contribution in [-0.2, 0) is 12.8 Å². The van der Waals surface area contributed by atoms with E-state index in [2.05, 4.69) is 115 Å². The molecule has 236 valence electrons. The first-order chi connectivity index (χ1) is 24.8. The molecule has 2 heterocycles. The Morgan fingerprint density at radius 2 is 1.04 bits per heavy atom. The fourth-order valence-electron chi connectivity index (χ4n) is 7.74. The van der Waals surface area contributed by atoms with E-state index in [0.717, 1.165) is 47.9 Å². The van der Waals surface area contributed by atoms with Gasteiger partial charge in [-0.25, -0.2) is 15.0 Å². The molecule has 50 heavy (non-hydrogen) atoms. The fourth-order valence-corrected chi connectivity index (χ4v) is 8.87. The van der Waals surface area contributed by atoms with Crippen LogP contribution in [0.15, 0.2) is 152 Å². The maximum Gasteiger partial charge on any atom is 0.163 e. The highest BCUT2D eigenvalue weighted by Gasteiger charge is 2.22. The lowest BCUT2D eigenvalue weighted by molar-refractivity contribution is 0.768. The summed E-state index contributed by atoms with van der Waals surface area (Å²) in [7, 11) is 0. The minimum Gasteiger partial charge on any atom is -0.213 e. The van der Waals surface area contributed by atoms with E-state index in [1.165, 1.54) is 69.9 Å². The molecule has 0 N–H and O–H groups in total. The maximum atomic E-state index is 4.94. The largest absolute Gasteiger partial charge is 0.213 e. The Labute approximate surface area is 294 Å². The van der Waals surface area contributed by atoms with E-state index in [1.807, 2.05) is 47.7 Å². The van der Waals surface area contributed by atoms with Crippen LogP contribution in [-0.4, -0.2) is 15.0 Å². The van der Waals surface area contributed by atoms with Crippen LogP contribution in [0.3, 0.4) is 0 Å². The average molecular weight is 658 g/mol. The number of rotatable bonds is 7. The van der Waals surface area contributed by atoms with Crippen LogP contribution in [0.1, 0.15) is 17.8 Å². The Hall–Kier alpha value is -5.97. The van der Waals surface area contributed by atoms with Crippen LogP contribution < -0.4 is 0 Å². The Morgan fingerprint density at radius 3 is 1.78 bits per heavy atom. The van der Waals surface area contributed by atoms with Gasteiger partial charge in [-0.3, -0.25) is 0 Å². The lowest BCUT2D eigenvalue weighted by Gasteiger charge is -2.11. The SMILES string of the molecule is c1ccc(-c2nc(CCCc3cccc4sc5ccc(-c6ccc7c8c(cccc68)-c6ccccc6-7)cc5c34)nc(-c3ccccc3)n2)cc1. The molecule has 9 aromatic rings. The Morgan fingerprint density at radius 1 is 0.400 bits per heavy atom. The first kappa shape index (κ1) is 29.0. The topological polar surface area (TPSA) is 38.7 Å². The predicted molar refractivity (Wildman–Crippen MR) is 209 cm³/mol. The Balaban J connectivity index is 1.00. The third-order valence-corrected chi connectivity index (χ3v) is 11.2. The molecule has 4 heteroatoms. The van der Waals surface area contributed by atoms with Crippen LogP contribution >= 0.6 is 11.3 Å². The van der Waals surface area contributed by atoms with Gasteiger partial charge in [0.25, 0.3) is 0 Å². The van der Waals surface area contributed by atoms with Crippen LogP contribution in [0.25, 0.3) is 87.1 Å². The summed E-state index contributed by atoms with van der Waals surface area (Å²) in [6, 6.07) is 54.4. The van der Waals surface area contributed by atoms with Crippen molar-refractivity contribution in [2.24, 2.45) is 0 Å². The van der Waals surface area contributed by atoms with Crippen molar-refractivity contribution in [3.8, 4) is 56.2 Å². The zero-order valence-electron chi connectivity index (χ0n) is 27.3. The third-order valence-electron chi connectivity index (χ3n) is 10.0. The molecule has 0 spiro atoms. The molecule has 3 nitrogen and oxygen atoms in total. The minimum atomic E-state index is 0.722. The number of fused-ring (bicyclic) bond motifs is 6. The van der Waals surface area contributed by atoms with E-state index in [4.69, 9.17) is 15.0 Å². The summed E-state index contributed by atoms with van der Waals surface area (Å²) in [4.78, 5) is 14.7. The molecule has 0 radical (unpaired) electrons. The third kappa shape index (κ3) is 4.83. The second kappa shape index (κ2) is 11.9. The van der Waals surface area contributed by atoms with E-state index in [9.17, 15) is 0 Å². The Kier molecular flexibility index (Phi) is 6.88. The monoisotopic (exact) mass is 657 g/mol. The number of thiophene rings is 1. The number of hydrogen-bond donors (Lipinski definition) is 0. The second-order valence-corrected chi connectivity index (χ2v) is 14.1. The highest BCUT2D eigenvalue weighted by Crippen LogP contribution is 2.49. The molecule has 0 bridgehead atoms. The van der Waals surface area contributed by atoms with Crippen LogP contribution in [0.4, 0.5) is 0 Å². The molecule has 0 amide bonds. The van der Waals surface area contributed by atoms with E-state index in [1.54, 1.807) is 0 Å². The van der Waals surface area contributed by atoms with Gasteiger partial charge in [-0.1, -0.05) is 133 Å². The summed E-state index contributed by atoms with van der Waals surface area (Å²) in [5.74, 6) is 2.27. The summed E-state index contributed by atoms with van der Waals surface area (Å²) >= 11 is 1.89. The molecule has 0 aliphatic heterocycles. The maximum absolute atomic E-state index is 4.94. The van der Waals surface area contributed by atoms with Crippen LogP contribution in [0, 0.1) is 0 Å². The molecule has 0 unspecified atom stereocenters. The van der Waals surface area contributed by atoms with Gasteiger partial charge in [0.15, 0.2) is 11.6 Å². The van der Waals surface area contributed by atoms with Crippen molar-refractivity contribution in [1.29, 1.82) is 0 Å². The summed E-state index contributed by atoms with van der Waals surface area (Å²) < 4.78 is 2.66. The molecule has 1 aliphatic carbocycles. The molecular weight excluding hydrogens is 627 g/mol. The first-order valence-electron chi connectivity index (χ1n) is 17.2. The van der Waals surface area contributed by atoms with Crippen molar-refractivity contribution in [2.75, 3.05) is 0 Å². The van der Waals surface area contributed by atoms with Gasteiger partial charge >= 0.3 is 0 Å². The van der Waals surface area contributed by atoms with Gasteiger partial charge in [0, 0.05) is 37.7 Å². The van der Waals surface area contributed by atoms with Gasteiger partial charge in [0.2, 0.25) is 0 Å². The quantitative estimate of drug-likeness (QED) is 0.171. The van der Waals surface area contributed by atoms with Gasteiger partial charge in [-0.15, -0.1) is 11.3 Å². The van der Waals surface area contributed by atoms with Crippen molar-refractivity contribution in [3.05, 3.63) is 163 Å². The highest BCUT2D eigenvalue weighted by molar-refractivity contribution is 7.25.